The van der Waals surface area contributed by atoms with Crippen LogP contribution >= 0.6 is 11.8 Å². The van der Waals surface area contributed by atoms with E-state index < -0.39 is 0 Å². The average Bonchev–Trinajstić information content (AvgIpc) is 2.14. The molecule has 0 atom stereocenters. The second-order valence-corrected chi connectivity index (χ2v) is 5.62. The van der Waals surface area contributed by atoms with Gasteiger partial charge in [-0.1, -0.05) is 6.42 Å². The second-order valence-electron chi connectivity index (χ2n) is 4.35. The van der Waals surface area contributed by atoms with Gasteiger partial charge in [-0.25, -0.2) is 5.84 Å². The summed E-state index contributed by atoms with van der Waals surface area (Å²) >= 11 is 1.93. The lowest BCUT2D eigenvalue weighted by atomic mass is 9.84. The summed E-state index contributed by atoms with van der Waals surface area (Å²) < 4.78 is 0.376. The maximum atomic E-state index is 5.40. The minimum atomic E-state index is 0.353. The van der Waals surface area contributed by atoms with Crippen LogP contribution in [0.5, 0.6) is 0 Å². The number of nitrogens with one attached hydrogen (secondary N) is 2. The lowest BCUT2D eigenvalue weighted by Gasteiger charge is -2.39. The number of guanidine groups is 1. The lowest BCUT2D eigenvalue weighted by molar-refractivity contribution is 0.372. The zero-order valence-corrected chi connectivity index (χ0v) is 10.7. The van der Waals surface area contributed by atoms with Gasteiger partial charge in [0.2, 0.25) is 5.96 Å². The third-order valence-corrected chi connectivity index (χ3v) is 4.19. The van der Waals surface area contributed by atoms with Crippen LogP contribution in [0.25, 0.3) is 0 Å². The predicted octanol–water partition coefficient (Wildman–Crippen LogP) is 1.09. The van der Waals surface area contributed by atoms with Crippen molar-refractivity contribution < 1.29 is 0 Å². The van der Waals surface area contributed by atoms with Gasteiger partial charge >= 0.3 is 0 Å². The molecule has 4 nitrogen and oxygen atoms in total. The molecule has 0 aromatic heterocycles. The quantitative estimate of drug-likeness (QED) is 0.293. The Balaban J connectivity index is 2.45. The van der Waals surface area contributed by atoms with E-state index in [9.17, 15) is 0 Å². The molecule has 0 saturated heterocycles. The Bertz CT molecular complexity index is 218. The van der Waals surface area contributed by atoms with Crippen molar-refractivity contribution >= 4 is 17.7 Å². The molecule has 0 spiro atoms. The maximum absolute atomic E-state index is 5.40. The third-order valence-electron chi connectivity index (χ3n) is 2.79. The molecule has 1 saturated carbocycles. The molecular weight excluding hydrogens is 208 g/mol. The Hall–Kier alpha value is -0.420. The third kappa shape index (κ3) is 3.57. The van der Waals surface area contributed by atoms with E-state index in [2.05, 4.69) is 35.8 Å². The first-order valence-corrected chi connectivity index (χ1v) is 6.67. The summed E-state index contributed by atoms with van der Waals surface area (Å²) in [5.74, 6) is 6.10. The molecule has 1 aliphatic rings. The van der Waals surface area contributed by atoms with Crippen molar-refractivity contribution in [1.29, 1.82) is 0 Å². The number of nitrogens with zero attached hydrogens (tertiary/aromatic N) is 1. The first kappa shape index (κ1) is 12.6. The number of hydrogen-bond donors (Lipinski definition) is 3. The maximum Gasteiger partial charge on any atom is 0.205 e. The van der Waals surface area contributed by atoms with E-state index in [0.29, 0.717) is 16.7 Å². The molecule has 0 aromatic carbocycles. The van der Waals surface area contributed by atoms with Gasteiger partial charge in [-0.05, 0) is 32.9 Å². The van der Waals surface area contributed by atoms with Crippen molar-refractivity contribution in [2.75, 3.05) is 12.8 Å². The van der Waals surface area contributed by atoms with Crippen molar-refractivity contribution in [3.8, 4) is 0 Å². The first-order valence-electron chi connectivity index (χ1n) is 5.44. The zero-order chi connectivity index (χ0) is 11.3. The van der Waals surface area contributed by atoms with E-state index in [0.717, 1.165) is 6.54 Å². The average molecular weight is 230 g/mol. The minimum absolute atomic E-state index is 0.353. The van der Waals surface area contributed by atoms with Gasteiger partial charge in [0, 0.05) is 10.8 Å². The Kier molecular flexibility index (Phi) is 4.73. The van der Waals surface area contributed by atoms with Crippen LogP contribution in [0, 0.1) is 0 Å². The largest absolute Gasteiger partial charge is 0.353 e. The Morgan fingerprint density at radius 1 is 1.53 bits per heavy atom. The van der Waals surface area contributed by atoms with Crippen molar-refractivity contribution in [1.82, 2.24) is 10.7 Å². The molecule has 0 aromatic rings. The van der Waals surface area contributed by atoms with Crippen LogP contribution in [0.3, 0.4) is 0 Å². The fourth-order valence-electron chi connectivity index (χ4n) is 1.63. The highest BCUT2D eigenvalue weighted by atomic mass is 32.2. The summed E-state index contributed by atoms with van der Waals surface area (Å²) in [7, 11) is 0. The molecule has 1 fully saturated rings. The van der Waals surface area contributed by atoms with E-state index in [1.807, 2.05) is 11.8 Å². The number of hydrazine groups is 1. The summed E-state index contributed by atoms with van der Waals surface area (Å²) in [5.41, 5.74) is 2.61. The Morgan fingerprint density at radius 3 is 2.53 bits per heavy atom. The number of rotatable bonds is 4. The number of aliphatic imine (C=N–C) groups is 1. The van der Waals surface area contributed by atoms with E-state index in [1.54, 1.807) is 0 Å². The van der Waals surface area contributed by atoms with Crippen LogP contribution in [0.4, 0.5) is 0 Å². The monoisotopic (exact) mass is 230 g/mol. The van der Waals surface area contributed by atoms with E-state index in [1.165, 1.54) is 19.3 Å². The number of thioether (sulfide) groups is 1. The SMILES string of the molecule is CSC1(CN=C(NN)NC(C)C)CCC1. The topological polar surface area (TPSA) is 62.4 Å². The molecule has 0 unspecified atom stereocenters. The highest BCUT2D eigenvalue weighted by Crippen LogP contribution is 2.42. The second kappa shape index (κ2) is 5.61. The van der Waals surface area contributed by atoms with Gasteiger partial charge in [0.1, 0.15) is 0 Å². The van der Waals surface area contributed by atoms with Crippen molar-refractivity contribution in [2.45, 2.75) is 43.9 Å². The van der Waals surface area contributed by atoms with Gasteiger partial charge in [-0.2, -0.15) is 11.8 Å². The van der Waals surface area contributed by atoms with Crippen molar-refractivity contribution in [2.24, 2.45) is 10.8 Å². The molecule has 88 valence electrons. The number of nitrogens with two attached hydrogens (primary N) is 1. The summed E-state index contributed by atoms with van der Waals surface area (Å²) in [6, 6.07) is 0.353. The van der Waals surface area contributed by atoms with Gasteiger partial charge in [0.15, 0.2) is 0 Å². The fraction of sp³-hybridized carbons (Fsp3) is 0.900. The van der Waals surface area contributed by atoms with Crippen molar-refractivity contribution in [3.63, 3.8) is 0 Å². The molecule has 0 aliphatic heterocycles. The normalized spacial score (nSPS) is 19.9. The van der Waals surface area contributed by atoms with Crippen molar-refractivity contribution in [3.05, 3.63) is 0 Å². The fourth-order valence-corrected chi connectivity index (χ4v) is 2.52. The first-order chi connectivity index (χ1) is 7.12. The van der Waals surface area contributed by atoms with Crippen LogP contribution in [-0.4, -0.2) is 29.5 Å². The molecule has 1 aliphatic carbocycles. The van der Waals surface area contributed by atoms with Gasteiger partial charge < -0.3 is 5.32 Å². The summed E-state index contributed by atoms with van der Waals surface area (Å²) in [5, 5.41) is 3.18. The van der Waals surface area contributed by atoms with Crippen LogP contribution in [-0.2, 0) is 0 Å². The zero-order valence-electron chi connectivity index (χ0n) is 9.84. The molecule has 0 heterocycles. The minimum Gasteiger partial charge on any atom is -0.353 e. The Labute approximate surface area is 96.4 Å². The van der Waals surface area contributed by atoms with Gasteiger partial charge in [-0.3, -0.25) is 10.4 Å². The van der Waals surface area contributed by atoms with Gasteiger partial charge in [0.05, 0.1) is 6.54 Å². The number of hydrogen-bond acceptors (Lipinski definition) is 3. The summed E-state index contributed by atoms with van der Waals surface area (Å²) in [6.07, 6.45) is 6.05. The standard InChI is InChI=1S/C10H22N4S/c1-8(2)13-9(14-11)12-7-10(15-3)5-4-6-10/h8H,4-7,11H2,1-3H3,(H2,12,13,14). The smallest absolute Gasteiger partial charge is 0.205 e. The van der Waals surface area contributed by atoms with Crippen LogP contribution < -0.4 is 16.6 Å². The van der Waals surface area contributed by atoms with E-state index in [4.69, 9.17) is 5.84 Å². The molecule has 0 amide bonds. The molecule has 15 heavy (non-hydrogen) atoms. The molecule has 5 heteroatoms. The lowest BCUT2D eigenvalue weighted by Crippen LogP contribution is -2.46. The molecular formula is C10H22N4S. The summed E-state index contributed by atoms with van der Waals surface area (Å²) in [4.78, 5) is 4.50. The van der Waals surface area contributed by atoms with Gasteiger partial charge in [0.25, 0.3) is 0 Å². The van der Waals surface area contributed by atoms with Crippen LogP contribution in [0.15, 0.2) is 4.99 Å². The molecule has 4 N–H and O–H groups in total. The molecule has 0 radical (unpaired) electrons. The van der Waals surface area contributed by atoms with Crippen LogP contribution in [0.2, 0.25) is 0 Å². The van der Waals surface area contributed by atoms with Crippen LogP contribution in [0.1, 0.15) is 33.1 Å². The highest BCUT2D eigenvalue weighted by Gasteiger charge is 2.35. The van der Waals surface area contributed by atoms with Gasteiger partial charge in [-0.15, -0.1) is 0 Å². The highest BCUT2D eigenvalue weighted by molar-refractivity contribution is 8.00. The Morgan fingerprint density at radius 2 is 2.20 bits per heavy atom. The predicted molar refractivity (Wildman–Crippen MR) is 68.0 cm³/mol. The van der Waals surface area contributed by atoms with E-state index >= 15 is 0 Å². The van der Waals surface area contributed by atoms with E-state index in [-0.39, 0.29) is 0 Å². The summed E-state index contributed by atoms with van der Waals surface area (Å²) in [6.45, 7) is 4.99. The molecule has 0 bridgehead atoms. The molecule has 1 rings (SSSR count).